The van der Waals surface area contributed by atoms with E-state index in [1.807, 2.05) is 17.7 Å². The lowest BCUT2D eigenvalue weighted by atomic mass is 10.2. The van der Waals surface area contributed by atoms with Crippen molar-refractivity contribution in [2.45, 2.75) is 19.1 Å². The summed E-state index contributed by atoms with van der Waals surface area (Å²) in [6.07, 6.45) is 3.22. The van der Waals surface area contributed by atoms with Crippen LogP contribution in [0.3, 0.4) is 0 Å². The molecule has 1 N–H and O–H groups in total. The van der Waals surface area contributed by atoms with Crippen molar-refractivity contribution in [3.63, 3.8) is 0 Å². The number of rotatable bonds is 1. The van der Waals surface area contributed by atoms with Gasteiger partial charge in [-0.3, -0.25) is 0 Å². The Labute approximate surface area is 70.8 Å². The molecule has 1 aromatic rings. The van der Waals surface area contributed by atoms with Gasteiger partial charge in [-0.2, -0.15) is 0 Å². The van der Waals surface area contributed by atoms with Crippen molar-refractivity contribution in [2.75, 3.05) is 13.2 Å². The molecule has 0 unspecified atom stereocenters. The molecule has 4 heteroatoms. The van der Waals surface area contributed by atoms with Gasteiger partial charge in [-0.15, -0.1) is 0 Å². The van der Waals surface area contributed by atoms with Crippen molar-refractivity contribution in [1.82, 2.24) is 9.55 Å². The summed E-state index contributed by atoms with van der Waals surface area (Å²) in [5.41, 5.74) is 0. The van der Waals surface area contributed by atoms with Crippen LogP contribution in [0, 0.1) is 6.92 Å². The Morgan fingerprint density at radius 3 is 3.00 bits per heavy atom. The topological polar surface area (TPSA) is 47.3 Å². The maximum atomic E-state index is 9.51. The monoisotopic (exact) mass is 168 g/mol. The summed E-state index contributed by atoms with van der Waals surface area (Å²) in [4.78, 5) is 4.09. The van der Waals surface area contributed by atoms with E-state index in [9.17, 15) is 5.11 Å². The van der Waals surface area contributed by atoms with E-state index in [2.05, 4.69) is 4.98 Å². The average Bonchev–Trinajstić information content (AvgIpc) is 2.59. The molecule has 1 aliphatic rings. The van der Waals surface area contributed by atoms with Crippen molar-refractivity contribution < 1.29 is 9.84 Å². The Hall–Kier alpha value is -0.870. The predicted molar refractivity (Wildman–Crippen MR) is 42.8 cm³/mol. The molecule has 1 aliphatic heterocycles. The molecule has 0 bridgehead atoms. The van der Waals surface area contributed by atoms with E-state index in [0.717, 1.165) is 5.82 Å². The second-order valence-electron chi connectivity index (χ2n) is 3.05. The zero-order chi connectivity index (χ0) is 8.55. The molecule has 2 rings (SSSR count). The smallest absolute Gasteiger partial charge is 0.105 e. The van der Waals surface area contributed by atoms with Crippen LogP contribution in [0.15, 0.2) is 12.4 Å². The molecule has 2 heterocycles. The number of aliphatic hydroxyl groups is 1. The van der Waals surface area contributed by atoms with Gasteiger partial charge in [-0.1, -0.05) is 0 Å². The third-order valence-electron chi connectivity index (χ3n) is 2.24. The minimum atomic E-state index is -0.391. The summed E-state index contributed by atoms with van der Waals surface area (Å²) in [5.74, 6) is 0.921. The van der Waals surface area contributed by atoms with Crippen molar-refractivity contribution in [3.8, 4) is 0 Å². The first-order valence-electron chi connectivity index (χ1n) is 4.04. The van der Waals surface area contributed by atoms with Crippen molar-refractivity contribution >= 4 is 0 Å². The van der Waals surface area contributed by atoms with Gasteiger partial charge in [0.2, 0.25) is 0 Å². The number of imidazole rings is 1. The Kier molecular flexibility index (Phi) is 1.86. The third-order valence-corrected chi connectivity index (χ3v) is 2.24. The van der Waals surface area contributed by atoms with Gasteiger partial charge in [-0.05, 0) is 6.92 Å². The highest BCUT2D eigenvalue weighted by atomic mass is 16.5. The van der Waals surface area contributed by atoms with Gasteiger partial charge in [0.15, 0.2) is 0 Å². The fraction of sp³-hybridized carbons (Fsp3) is 0.625. The van der Waals surface area contributed by atoms with Crippen LogP contribution in [-0.2, 0) is 4.74 Å². The molecule has 0 aliphatic carbocycles. The average molecular weight is 168 g/mol. The molecule has 66 valence electrons. The summed E-state index contributed by atoms with van der Waals surface area (Å²) in [5, 5.41) is 9.51. The fourth-order valence-corrected chi connectivity index (χ4v) is 1.54. The number of aliphatic hydroxyl groups excluding tert-OH is 1. The van der Waals surface area contributed by atoms with Crippen LogP contribution in [0.25, 0.3) is 0 Å². The van der Waals surface area contributed by atoms with Crippen LogP contribution in [0.1, 0.15) is 11.9 Å². The molecular formula is C8H12N2O2. The van der Waals surface area contributed by atoms with Crippen LogP contribution >= 0.6 is 0 Å². The van der Waals surface area contributed by atoms with Crippen LogP contribution < -0.4 is 0 Å². The van der Waals surface area contributed by atoms with Crippen LogP contribution in [0.4, 0.5) is 0 Å². The lowest BCUT2D eigenvalue weighted by Crippen LogP contribution is -2.22. The third kappa shape index (κ3) is 1.13. The SMILES string of the molecule is Cc1nccn1[C@@H]1COC[C@@H]1O. The molecule has 12 heavy (non-hydrogen) atoms. The molecule has 0 spiro atoms. The molecule has 1 aromatic heterocycles. The normalized spacial score (nSPS) is 29.5. The number of hydrogen-bond acceptors (Lipinski definition) is 3. The molecule has 0 saturated carbocycles. The molecular weight excluding hydrogens is 156 g/mol. The molecule has 1 saturated heterocycles. The molecule has 0 amide bonds. The number of ether oxygens (including phenoxy) is 1. The molecule has 1 fully saturated rings. The van der Waals surface area contributed by atoms with E-state index < -0.39 is 6.10 Å². The van der Waals surface area contributed by atoms with Gasteiger partial charge in [0.25, 0.3) is 0 Å². The van der Waals surface area contributed by atoms with Crippen molar-refractivity contribution in [3.05, 3.63) is 18.2 Å². The fourth-order valence-electron chi connectivity index (χ4n) is 1.54. The van der Waals surface area contributed by atoms with Gasteiger partial charge in [0, 0.05) is 12.4 Å². The Morgan fingerprint density at radius 1 is 1.67 bits per heavy atom. The highest BCUT2D eigenvalue weighted by molar-refractivity contribution is 4.95. The number of nitrogens with zero attached hydrogens (tertiary/aromatic N) is 2. The zero-order valence-electron chi connectivity index (χ0n) is 6.97. The highest BCUT2D eigenvalue weighted by Crippen LogP contribution is 2.20. The number of aromatic nitrogens is 2. The molecule has 0 aromatic carbocycles. The lowest BCUT2D eigenvalue weighted by molar-refractivity contribution is 0.119. The molecule has 2 atom stereocenters. The van der Waals surface area contributed by atoms with Crippen LogP contribution in [-0.4, -0.2) is 34.0 Å². The Morgan fingerprint density at radius 2 is 2.50 bits per heavy atom. The zero-order valence-corrected chi connectivity index (χ0v) is 6.97. The Bertz CT molecular complexity index is 272. The standard InChI is InChI=1S/C8H12N2O2/c1-6-9-2-3-10(6)7-4-12-5-8(7)11/h2-3,7-8,11H,4-5H2,1H3/t7-,8+/m1/s1. The van der Waals surface area contributed by atoms with E-state index in [-0.39, 0.29) is 6.04 Å². The maximum Gasteiger partial charge on any atom is 0.105 e. The maximum absolute atomic E-state index is 9.51. The van der Waals surface area contributed by atoms with E-state index in [0.29, 0.717) is 13.2 Å². The van der Waals surface area contributed by atoms with Gasteiger partial charge in [-0.25, -0.2) is 4.98 Å². The first-order valence-corrected chi connectivity index (χ1v) is 4.04. The van der Waals surface area contributed by atoms with Crippen molar-refractivity contribution in [2.24, 2.45) is 0 Å². The van der Waals surface area contributed by atoms with E-state index in [1.54, 1.807) is 6.20 Å². The largest absolute Gasteiger partial charge is 0.388 e. The van der Waals surface area contributed by atoms with Crippen molar-refractivity contribution in [1.29, 1.82) is 0 Å². The summed E-state index contributed by atoms with van der Waals surface area (Å²) in [6, 6.07) is 0.0486. The molecule has 4 nitrogen and oxygen atoms in total. The first-order chi connectivity index (χ1) is 5.79. The highest BCUT2D eigenvalue weighted by Gasteiger charge is 2.28. The summed E-state index contributed by atoms with van der Waals surface area (Å²) in [6.45, 7) is 2.94. The van der Waals surface area contributed by atoms with Gasteiger partial charge < -0.3 is 14.4 Å². The molecule has 0 radical (unpaired) electrons. The second-order valence-corrected chi connectivity index (χ2v) is 3.05. The predicted octanol–water partition coefficient (Wildman–Crippen LogP) is 0.124. The summed E-state index contributed by atoms with van der Waals surface area (Å²) >= 11 is 0. The quantitative estimate of drug-likeness (QED) is 0.648. The van der Waals surface area contributed by atoms with Crippen LogP contribution in [0.5, 0.6) is 0 Å². The van der Waals surface area contributed by atoms with E-state index in [1.165, 1.54) is 0 Å². The summed E-state index contributed by atoms with van der Waals surface area (Å²) < 4.78 is 7.11. The van der Waals surface area contributed by atoms with E-state index >= 15 is 0 Å². The van der Waals surface area contributed by atoms with Gasteiger partial charge in [0.1, 0.15) is 11.9 Å². The van der Waals surface area contributed by atoms with Gasteiger partial charge in [0.05, 0.1) is 19.3 Å². The number of aryl methyl sites for hydroxylation is 1. The van der Waals surface area contributed by atoms with E-state index in [4.69, 9.17) is 4.74 Å². The van der Waals surface area contributed by atoms with Gasteiger partial charge >= 0.3 is 0 Å². The minimum absolute atomic E-state index is 0.0486. The Balaban J connectivity index is 2.24. The van der Waals surface area contributed by atoms with Crippen LogP contribution in [0.2, 0.25) is 0 Å². The minimum Gasteiger partial charge on any atom is -0.388 e. The number of hydrogen-bond donors (Lipinski definition) is 1. The lowest BCUT2D eigenvalue weighted by Gasteiger charge is -2.15. The first kappa shape index (κ1) is 7.76. The summed E-state index contributed by atoms with van der Waals surface area (Å²) in [7, 11) is 0. The second kappa shape index (κ2) is 2.88.